The predicted molar refractivity (Wildman–Crippen MR) is 98.0 cm³/mol. The van der Waals surface area contributed by atoms with Gasteiger partial charge in [0.05, 0.1) is 31.0 Å². The van der Waals surface area contributed by atoms with E-state index in [1.165, 1.54) is 13.2 Å². The van der Waals surface area contributed by atoms with E-state index < -0.39 is 24.3 Å². The van der Waals surface area contributed by atoms with Crippen LogP contribution in [-0.4, -0.2) is 32.7 Å². The summed E-state index contributed by atoms with van der Waals surface area (Å²) in [6, 6.07) is 5.62. The first-order valence-electron chi connectivity index (χ1n) is 7.28. The van der Waals surface area contributed by atoms with Crippen LogP contribution in [0.1, 0.15) is 20.7 Å². The molecule has 144 valence electrons. The van der Waals surface area contributed by atoms with Gasteiger partial charge in [-0.2, -0.15) is 8.78 Å². The van der Waals surface area contributed by atoms with E-state index in [1.54, 1.807) is 22.6 Å². The number of esters is 1. The lowest BCUT2D eigenvalue weighted by Gasteiger charge is -2.16. The molecule has 0 aliphatic rings. The van der Waals surface area contributed by atoms with E-state index in [4.69, 9.17) is 4.74 Å². The normalized spacial score (nSPS) is 10.5. The summed E-state index contributed by atoms with van der Waals surface area (Å²) in [5.41, 5.74) is -0.148. The van der Waals surface area contributed by atoms with Crippen LogP contribution in [0.4, 0.5) is 18.9 Å². The van der Waals surface area contributed by atoms with Crippen molar-refractivity contribution in [2.75, 3.05) is 19.5 Å². The number of hydrogen-bond acceptors (Lipinski definition) is 5. The van der Waals surface area contributed by atoms with Gasteiger partial charge in [0.1, 0.15) is 5.82 Å². The molecule has 0 unspecified atom stereocenters. The molecule has 2 rings (SSSR count). The first kappa shape index (κ1) is 20.8. The number of benzene rings is 2. The van der Waals surface area contributed by atoms with Crippen molar-refractivity contribution >= 4 is 40.2 Å². The molecule has 0 aliphatic heterocycles. The van der Waals surface area contributed by atoms with Gasteiger partial charge in [-0.1, -0.05) is 0 Å². The number of anilines is 1. The van der Waals surface area contributed by atoms with Crippen LogP contribution in [0, 0.1) is 9.39 Å². The van der Waals surface area contributed by atoms with Crippen LogP contribution in [0.3, 0.4) is 0 Å². The lowest BCUT2D eigenvalue weighted by atomic mass is 10.1. The van der Waals surface area contributed by atoms with E-state index in [1.807, 2.05) is 0 Å². The van der Waals surface area contributed by atoms with Crippen LogP contribution in [0.15, 0.2) is 30.3 Å². The molecule has 0 aromatic heterocycles. The Bertz CT molecular complexity index is 876. The lowest BCUT2D eigenvalue weighted by Crippen LogP contribution is -2.17. The summed E-state index contributed by atoms with van der Waals surface area (Å²) in [7, 11) is 2.32. The fourth-order valence-electron chi connectivity index (χ4n) is 2.15. The van der Waals surface area contributed by atoms with E-state index in [0.717, 1.165) is 31.4 Å². The minimum absolute atomic E-state index is 0.125. The molecule has 0 saturated carbocycles. The zero-order valence-corrected chi connectivity index (χ0v) is 16.2. The molecule has 2 aromatic rings. The average Bonchev–Trinajstić information content (AvgIpc) is 2.60. The van der Waals surface area contributed by atoms with Gasteiger partial charge in [-0.05, 0) is 40.8 Å². The molecule has 0 fully saturated rings. The number of carbonyl (C=O) groups excluding carboxylic acids is 2. The Kier molecular flexibility index (Phi) is 6.88. The average molecular weight is 495 g/mol. The molecule has 1 amide bonds. The molecule has 0 radical (unpaired) electrons. The van der Waals surface area contributed by atoms with Gasteiger partial charge in [0, 0.05) is 15.7 Å². The summed E-state index contributed by atoms with van der Waals surface area (Å²) in [5, 5.41) is 2.42. The Morgan fingerprint density at radius 2 is 1.78 bits per heavy atom. The first-order valence-corrected chi connectivity index (χ1v) is 8.36. The number of alkyl halides is 2. The van der Waals surface area contributed by atoms with Crippen molar-refractivity contribution < 1.29 is 37.0 Å². The Balaban J connectivity index is 2.48. The molecular formula is C17H13F3INO5. The summed E-state index contributed by atoms with van der Waals surface area (Å²) in [4.78, 5) is 24.5. The number of amides is 1. The number of halogens is 4. The van der Waals surface area contributed by atoms with Gasteiger partial charge >= 0.3 is 12.6 Å². The highest BCUT2D eigenvalue weighted by atomic mass is 127. The monoisotopic (exact) mass is 495 g/mol. The van der Waals surface area contributed by atoms with E-state index in [9.17, 15) is 22.8 Å². The zero-order chi connectivity index (χ0) is 20.1. The minimum Gasteiger partial charge on any atom is -0.493 e. The Hall–Kier alpha value is -2.50. The first-order chi connectivity index (χ1) is 12.8. The van der Waals surface area contributed by atoms with Crippen molar-refractivity contribution in [3.05, 3.63) is 50.8 Å². The molecule has 0 bridgehead atoms. The van der Waals surface area contributed by atoms with E-state index in [2.05, 4.69) is 14.8 Å². The molecule has 0 saturated heterocycles. The fraction of sp³-hybridized carbons (Fsp3) is 0.176. The molecule has 6 nitrogen and oxygen atoms in total. The summed E-state index contributed by atoms with van der Waals surface area (Å²) >= 11 is 1.77. The standard InChI is InChI=1S/C17H13F3INO5/c1-25-13-6-10(16(24)26-2)12(7-14(13)27-17(19)20)22-15(23)9-4-3-8(18)5-11(9)21/h3-7,17H,1-2H3,(H,22,23). The van der Waals surface area contributed by atoms with Crippen LogP contribution >= 0.6 is 22.6 Å². The number of ether oxygens (including phenoxy) is 3. The van der Waals surface area contributed by atoms with Gasteiger partial charge < -0.3 is 19.5 Å². The van der Waals surface area contributed by atoms with Gasteiger partial charge in [0.25, 0.3) is 5.91 Å². The second kappa shape index (κ2) is 8.93. The van der Waals surface area contributed by atoms with Crippen LogP contribution in [-0.2, 0) is 4.74 Å². The third kappa shape index (κ3) is 5.02. The van der Waals surface area contributed by atoms with E-state index >= 15 is 0 Å². The summed E-state index contributed by atoms with van der Waals surface area (Å²) in [5.74, 6) is -2.57. The minimum atomic E-state index is -3.15. The van der Waals surface area contributed by atoms with E-state index in [0.29, 0.717) is 3.57 Å². The highest BCUT2D eigenvalue weighted by molar-refractivity contribution is 14.1. The number of nitrogens with one attached hydrogen (secondary N) is 1. The smallest absolute Gasteiger partial charge is 0.387 e. The van der Waals surface area contributed by atoms with Crippen LogP contribution < -0.4 is 14.8 Å². The van der Waals surface area contributed by atoms with E-state index in [-0.39, 0.29) is 28.3 Å². The molecule has 1 N–H and O–H groups in total. The molecule has 2 aromatic carbocycles. The number of rotatable bonds is 6. The highest BCUT2D eigenvalue weighted by Gasteiger charge is 2.22. The molecule has 0 aliphatic carbocycles. The van der Waals surface area contributed by atoms with Crippen molar-refractivity contribution in [3.8, 4) is 11.5 Å². The second-order valence-corrected chi connectivity index (χ2v) is 6.16. The van der Waals surface area contributed by atoms with Gasteiger partial charge in [0.15, 0.2) is 11.5 Å². The Morgan fingerprint density at radius 3 is 2.33 bits per heavy atom. The summed E-state index contributed by atoms with van der Waals surface area (Å²) < 4.78 is 52.7. The number of methoxy groups -OCH3 is 2. The highest BCUT2D eigenvalue weighted by Crippen LogP contribution is 2.35. The molecule has 27 heavy (non-hydrogen) atoms. The predicted octanol–water partition coefficient (Wildman–Crippen LogP) is 4.08. The zero-order valence-electron chi connectivity index (χ0n) is 14.0. The SMILES string of the molecule is COC(=O)c1cc(OC)c(OC(F)F)cc1NC(=O)c1ccc(F)cc1I. The van der Waals surface area contributed by atoms with Crippen molar-refractivity contribution in [2.45, 2.75) is 6.61 Å². The third-order valence-electron chi connectivity index (χ3n) is 3.35. The summed E-state index contributed by atoms with van der Waals surface area (Å²) in [6.07, 6.45) is 0. The fourth-order valence-corrected chi connectivity index (χ4v) is 2.88. The van der Waals surface area contributed by atoms with Crippen molar-refractivity contribution in [2.24, 2.45) is 0 Å². The molecule has 10 heteroatoms. The maximum Gasteiger partial charge on any atom is 0.387 e. The molecule has 0 spiro atoms. The maximum absolute atomic E-state index is 13.2. The lowest BCUT2D eigenvalue weighted by molar-refractivity contribution is -0.0511. The Morgan fingerprint density at radius 1 is 1.07 bits per heavy atom. The van der Waals surface area contributed by atoms with Crippen LogP contribution in [0.5, 0.6) is 11.5 Å². The van der Waals surface area contributed by atoms with Crippen molar-refractivity contribution in [3.63, 3.8) is 0 Å². The molecule has 0 heterocycles. The van der Waals surface area contributed by atoms with Crippen molar-refractivity contribution in [1.29, 1.82) is 0 Å². The topological polar surface area (TPSA) is 73.9 Å². The third-order valence-corrected chi connectivity index (χ3v) is 4.24. The van der Waals surface area contributed by atoms with Gasteiger partial charge in [-0.15, -0.1) is 0 Å². The summed E-state index contributed by atoms with van der Waals surface area (Å²) in [6.45, 7) is -3.15. The molecule has 0 atom stereocenters. The second-order valence-electron chi connectivity index (χ2n) is 5.00. The van der Waals surface area contributed by atoms with Gasteiger partial charge in [-0.3, -0.25) is 4.79 Å². The largest absolute Gasteiger partial charge is 0.493 e. The van der Waals surface area contributed by atoms with Crippen molar-refractivity contribution in [1.82, 2.24) is 0 Å². The van der Waals surface area contributed by atoms with Crippen LogP contribution in [0.2, 0.25) is 0 Å². The quantitative estimate of drug-likeness (QED) is 0.483. The molecular weight excluding hydrogens is 482 g/mol. The van der Waals surface area contributed by atoms with Gasteiger partial charge in [-0.25, -0.2) is 9.18 Å². The van der Waals surface area contributed by atoms with Crippen LogP contribution in [0.25, 0.3) is 0 Å². The maximum atomic E-state index is 13.2. The Labute approximate surface area is 165 Å². The number of carbonyl (C=O) groups is 2. The number of hydrogen-bond donors (Lipinski definition) is 1. The van der Waals surface area contributed by atoms with Gasteiger partial charge in [0.2, 0.25) is 0 Å².